The van der Waals surface area contributed by atoms with E-state index in [1.165, 1.54) is 12.3 Å². The Morgan fingerprint density at radius 3 is 2.38 bits per heavy atom. The maximum absolute atomic E-state index is 12.9. The molecule has 2 rings (SSSR count). The molecule has 0 aliphatic carbocycles. The molecule has 0 aliphatic heterocycles. The Morgan fingerprint density at radius 2 is 1.85 bits per heavy atom. The molecule has 0 spiro atoms. The summed E-state index contributed by atoms with van der Waals surface area (Å²) in [5.41, 5.74) is -0.0362. The van der Waals surface area contributed by atoms with E-state index >= 15 is 0 Å². The molecule has 1 atom stereocenters. The van der Waals surface area contributed by atoms with Crippen molar-refractivity contribution in [1.29, 1.82) is 0 Å². The topological polar surface area (TPSA) is 68.3 Å². The van der Waals surface area contributed by atoms with Crippen LogP contribution < -0.4 is 5.32 Å². The fraction of sp³-hybridized carbons (Fsp3) is 0.278. The summed E-state index contributed by atoms with van der Waals surface area (Å²) in [5.74, 6) is -0.401. The predicted octanol–water partition coefficient (Wildman–Crippen LogP) is 5.60. The third-order valence-electron chi connectivity index (χ3n) is 3.18. The molecule has 1 amide bonds. The number of carbonyl (C=O) groups is 2. The van der Waals surface area contributed by atoms with Crippen molar-refractivity contribution < 1.29 is 14.3 Å². The number of hydrogen-bond donors (Lipinski definition) is 1. The normalized spacial score (nSPS) is 12.4. The largest absolute Gasteiger partial charge is 0.444 e. The van der Waals surface area contributed by atoms with Crippen molar-refractivity contribution in [3.63, 3.8) is 0 Å². The number of ether oxygens (including phenoxy) is 1. The van der Waals surface area contributed by atoms with Gasteiger partial charge in [-0.3, -0.25) is 9.78 Å². The third-order valence-corrected chi connectivity index (χ3v) is 4.39. The zero-order valence-corrected chi connectivity index (χ0v) is 17.4. The lowest BCUT2D eigenvalue weighted by Gasteiger charge is -2.23. The van der Waals surface area contributed by atoms with Crippen LogP contribution in [0.3, 0.4) is 0 Å². The highest BCUT2D eigenvalue weighted by molar-refractivity contribution is 9.10. The van der Waals surface area contributed by atoms with Gasteiger partial charge in [0.05, 0.1) is 10.0 Å². The molecule has 26 heavy (non-hydrogen) atoms. The van der Waals surface area contributed by atoms with Crippen molar-refractivity contribution in [2.45, 2.75) is 32.4 Å². The molecule has 0 fully saturated rings. The SMILES string of the molecule is CC(C)(C)OC(=O)NC(C(=O)c1ccc(Br)cn1)c1ccc(Cl)c(Cl)c1. The molecule has 0 radical (unpaired) electrons. The van der Waals surface area contributed by atoms with E-state index in [1.807, 2.05) is 0 Å². The zero-order valence-electron chi connectivity index (χ0n) is 14.3. The van der Waals surface area contributed by atoms with Crippen LogP contribution in [0, 0.1) is 0 Å². The Labute approximate surface area is 170 Å². The molecular weight excluding hydrogens is 443 g/mol. The highest BCUT2D eigenvalue weighted by Crippen LogP contribution is 2.27. The van der Waals surface area contributed by atoms with E-state index in [-0.39, 0.29) is 10.7 Å². The van der Waals surface area contributed by atoms with E-state index in [4.69, 9.17) is 27.9 Å². The predicted molar refractivity (Wildman–Crippen MR) is 105 cm³/mol. The van der Waals surface area contributed by atoms with Gasteiger partial charge >= 0.3 is 6.09 Å². The van der Waals surface area contributed by atoms with E-state index in [1.54, 1.807) is 45.0 Å². The lowest BCUT2D eigenvalue weighted by molar-refractivity contribution is 0.0490. The van der Waals surface area contributed by atoms with Crippen molar-refractivity contribution in [3.8, 4) is 0 Å². The minimum absolute atomic E-state index is 0.195. The second kappa shape index (κ2) is 8.37. The van der Waals surface area contributed by atoms with Crippen LogP contribution in [0.15, 0.2) is 41.0 Å². The molecule has 8 heteroatoms. The molecule has 2 aromatic rings. The molecule has 0 saturated carbocycles. The van der Waals surface area contributed by atoms with Gasteiger partial charge in [-0.1, -0.05) is 29.3 Å². The average Bonchev–Trinajstić information content (AvgIpc) is 2.54. The first-order chi connectivity index (χ1) is 12.1. The molecule has 5 nitrogen and oxygen atoms in total. The van der Waals surface area contributed by atoms with Gasteiger partial charge in [-0.2, -0.15) is 0 Å². The molecule has 1 unspecified atom stereocenters. The molecule has 1 N–H and O–H groups in total. The Morgan fingerprint density at radius 1 is 1.15 bits per heavy atom. The minimum Gasteiger partial charge on any atom is -0.444 e. The van der Waals surface area contributed by atoms with Crippen LogP contribution in [-0.4, -0.2) is 22.5 Å². The number of rotatable bonds is 4. The highest BCUT2D eigenvalue weighted by Gasteiger charge is 2.28. The van der Waals surface area contributed by atoms with Crippen LogP contribution in [0.1, 0.15) is 42.9 Å². The molecule has 138 valence electrons. The number of hydrogen-bond acceptors (Lipinski definition) is 4. The Bertz CT molecular complexity index is 820. The number of ketones is 1. The second-order valence-corrected chi connectivity index (χ2v) is 8.21. The number of benzene rings is 1. The number of carbonyl (C=O) groups excluding carboxylic acids is 2. The number of amides is 1. The first-order valence-corrected chi connectivity index (χ1v) is 9.22. The Hall–Kier alpha value is -1.63. The summed E-state index contributed by atoms with van der Waals surface area (Å²) in [6.45, 7) is 5.20. The van der Waals surface area contributed by atoms with Crippen molar-refractivity contribution in [2.75, 3.05) is 0 Å². The second-order valence-electron chi connectivity index (χ2n) is 6.48. The maximum atomic E-state index is 12.9. The van der Waals surface area contributed by atoms with Gasteiger partial charge in [-0.25, -0.2) is 4.79 Å². The first-order valence-electron chi connectivity index (χ1n) is 7.67. The smallest absolute Gasteiger partial charge is 0.408 e. The molecule has 1 aromatic heterocycles. The summed E-state index contributed by atoms with van der Waals surface area (Å²) >= 11 is 15.3. The molecule has 0 bridgehead atoms. The number of pyridine rings is 1. The summed E-state index contributed by atoms with van der Waals surface area (Å²) in [5, 5.41) is 3.21. The summed E-state index contributed by atoms with van der Waals surface area (Å²) in [6, 6.07) is 6.95. The number of aromatic nitrogens is 1. The number of alkyl carbamates (subject to hydrolysis) is 1. The Balaban J connectivity index is 2.37. The number of Topliss-reactive ketones (excluding diaryl/α,β-unsaturated/α-hetero) is 1. The monoisotopic (exact) mass is 458 g/mol. The van der Waals surface area contributed by atoms with E-state index in [0.717, 1.165) is 4.47 Å². The summed E-state index contributed by atoms with van der Waals surface area (Å²) in [4.78, 5) is 29.2. The van der Waals surface area contributed by atoms with Crippen molar-refractivity contribution in [1.82, 2.24) is 10.3 Å². The van der Waals surface area contributed by atoms with E-state index < -0.39 is 23.5 Å². The van der Waals surface area contributed by atoms with Crippen LogP contribution in [0.4, 0.5) is 4.79 Å². The summed E-state index contributed by atoms with van der Waals surface area (Å²) in [6.07, 6.45) is 0.783. The summed E-state index contributed by atoms with van der Waals surface area (Å²) in [7, 11) is 0. The van der Waals surface area contributed by atoms with Crippen LogP contribution in [0.2, 0.25) is 10.0 Å². The number of nitrogens with one attached hydrogen (secondary N) is 1. The van der Waals surface area contributed by atoms with Gasteiger partial charge in [0.25, 0.3) is 0 Å². The van der Waals surface area contributed by atoms with Gasteiger partial charge in [0.2, 0.25) is 5.78 Å². The van der Waals surface area contributed by atoms with Gasteiger partial charge in [0.1, 0.15) is 17.3 Å². The minimum atomic E-state index is -1.02. The van der Waals surface area contributed by atoms with Crippen LogP contribution in [0.5, 0.6) is 0 Å². The van der Waals surface area contributed by atoms with Crippen LogP contribution >= 0.6 is 39.1 Å². The van der Waals surface area contributed by atoms with E-state index in [2.05, 4.69) is 26.2 Å². The van der Waals surface area contributed by atoms with E-state index in [0.29, 0.717) is 10.6 Å². The number of halogens is 3. The Kier molecular flexibility index (Phi) is 6.66. The summed E-state index contributed by atoms with van der Waals surface area (Å²) < 4.78 is 6.00. The van der Waals surface area contributed by atoms with Gasteiger partial charge in [-0.05, 0) is 66.5 Å². The van der Waals surface area contributed by atoms with Crippen LogP contribution in [0.25, 0.3) is 0 Å². The van der Waals surface area contributed by atoms with Gasteiger partial charge in [-0.15, -0.1) is 0 Å². The van der Waals surface area contributed by atoms with Gasteiger partial charge < -0.3 is 10.1 Å². The third kappa shape index (κ3) is 5.69. The lowest BCUT2D eigenvalue weighted by atomic mass is 10.0. The lowest BCUT2D eigenvalue weighted by Crippen LogP contribution is -2.38. The van der Waals surface area contributed by atoms with Crippen molar-refractivity contribution >= 4 is 51.0 Å². The van der Waals surface area contributed by atoms with E-state index in [9.17, 15) is 9.59 Å². The van der Waals surface area contributed by atoms with Crippen LogP contribution in [-0.2, 0) is 4.74 Å². The quantitative estimate of drug-likeness (QED) is 0.604. The van der Waals surface area contributed by atoms with Gasteiger partial charge in [0.15, 0.2) is 0 Å². The molecule has 1 aromatic carbocycles. The number of nitrogens with zero attached hydrogens (tertiary/aromatic N) is 1. The van der Waals surface area contributed by atoms with Crippen molar-refractivity contribution in [3.05, 3.63) is 62.3 Å². The molecular formula is C18H17BrCl2N2O3. The zero-order chi connectivity index (χ0) is 19.5. The first kappa shape index (κ1) is 20.7. The maximum Gasteiger partial charge on any atom is 0.408 e. The standard InChI is InChI=1S/C18H17BrCl2N2O3/c1-18(2,3)26-17(25)23-15(10-4-6-12(20)13(21)8-10)16(24)14-7-5-11(19)9-22-14/h4-9,15H,1-3H3,(H,23,25). The molecule has 0 saturated heterocycles. The van der Waals surface area contributed by atoms with Gasteiger partial charge in [0, 0.05) is 10.7 Å². The molecule has 0 aliphatic rings. The van der Waals surface area contributed by atoms with Crippen molar-refractivity contribution in [2.24, 2.45) is 0 Å². The average molecular weight is 460 g/mol. The fourth-order valence-corrected chi connectivity index (χ4v) is 2.63. The fourth-order valence-electron chi connectivity index (χ4n) is 2.09. The highest BCUT2D eigenvalue weighted by atomic mass is 79.9. The molecule has 1 heterocycles.